The molecular weight excluding hydrogens is 1070 g/mol. The number of nitrogens with zero attached hydrogens (tertiary/aromatic N) is 6. The van der Waals surface area contributed by atoms with Crippen LogP contribution in [0.15, 0.2) is 255 Å². The van der Waals surface area contributed by atoms with Crippen molar-refractivity contribution in [2.24, 2.45) is 0 Å². The third-order valence-corrected chi connectivity index (χ3v) is 20.5. The molecule has 6 nitrogen and oxygen atoms in total. The molecule has 15 aromatic rings. The fraction of sp³-hybridized carbons (Fsp3) is 0.0769. The summed E-state index contributed by atoms with van der Waals surface area (Å²) in [7, 11) is 0. The van der Waals surface area contributed by atoms with Crippen LogP contribution in [0.5, 0.6) is 0 Å². The van der Waals surface area contributed by atoms with Gasteiger partial charge in [0.15, 0.2) is 0 Å². The molecule has 0 atom stereocenters. The van der Waals surface area contributed by atoms with E-state index < -0.39 is 0 Å². The lowest BCUT2D eigenvalue weighted by molar-refractivity contribution is 0.788. The Kier molecular flexibility index (Phi) is 10.2. The minimum absolute atomic E-state index is 0.0444. The number of fused-ring (bicyclic) bond motifs is 17. The minimum Gasteiger partial charge on any atom is -0.339 e. The molecule has 9 heteroatoms. The first-order chi connectivity index (χ1) is 42.9. The van der Waals surface area contributed by atoms with E-state index in [4.69, 9.17) is 0 Å². The molecule has 0 spiro atoms. The van der Waals surface area contributed by atoms with Gasteiger partial charge in [0.2, 0.25) is 0 Å². The zero-order chi connectivity index (χ0) is 57.5. The predicted octanol–water partition coefficient (Wildman–Crippen LogP) is 16.6. The molecule has 87 heavy (non-hydrogen) atoms. The highest BCUT2D eigenvalue weighted by atomic mass is 32.1. The molecule has 0 aliphatic carbocycles. The normalized spacial score (nSPS) is 13.4. The maximum atomic E-state index is 2.62. The van der Waals surface area contributed by atoms with E-state index in [1.807, 2.05) is 11.3 Å². The van der Waals surface area contributed by atoms with Crippen LogP contribution in [0.4, 0.5) is 56.9 Å². The van der Waals surface area contributed by atoms with Gasteiger partial charge in [0.25, 0.3) is 13.4 Å². The quantitative estimate of drug-likeness (QED) is 0.141. The van der Waals surface area contributed by atoms with Gasteiger partial charge in [-0.3, -0.25) is 0 Å². The van der Waals surface area contributed by atoms with Gasteiger partial charge in [0.1, 0.15) is 0 Å². The third kappa shape index (κ3) is 6.72. The van der Waals surface area contributed by atoms with Crippen molar-refractivity contribution < 1.29 is 0 Å². The molecule has 0 bridgehead atoms. The lowest BCUT2D eigenvalue weighted by Gasteiger charge is -2.42. The standard InChI is InChI=1S/C78H56B2N6S/c1-47(2)81(49-23-9-5-10-24-49)53-39-69-75-71(41-53)85-65-37-19-17-31-55(65)57-33-21-35-61(77(57)85)79(75)63-43-59-60-44-64-68(46-74(60)87-73(59)45-67(63)83(69)51-27-13-7-14-28-51)84(52-29-15-8-16-30-52)70-40-54(82(48(3)4)50-25-11-6-12-26-50)42-72-76(70)80(64)62-36-22-34-58-56-32-18-20-38-66(56)86(72)78(58)62/h5-48H,1-4H3. The summed E-state index contributed by atoms with van der Waals surface area (Å²) in [5.41, 5.74) is 27.3. The smallest absolute Gasteiger partial charge is 0.252 e. The number of aromatic nitrogens is 2. The van der Waals surface area contributed by atoms with Gasteiger partial charge >= 0.3 is 0 Å². The number of thiophene rings is 1. The van der Waals surface area contributed by atoms with Crippen LogP contribution in [0.1, 0.15) is 27.7 Å². The Labute approximate surface area is 509 Å². The summed E-state index contributed by atoms with van der Waals surface area (Å²) in [5.74, 6) is 0. The van der Waals surface area contributed by atoms with Gasteiger partial charge in [-0.2, -0.15) is 0 Å². The molecule has 4 aliphatic heterocycles. The fourth-order valence-electron chi connectivity index (χ4n) is 16.2. The Morgan fingerprint density at radius 3 is 1.09 bits per heavy atom. The van der Waals surface area contributed by atoms with Crippen molar-refractivity contribution in [3.8, 4) is 11.4 Å². The van der Waals surface area contributed by atoms with Crippen LogP contribution in [0.3, 0.4) is 0 Å². The van der Waals surface area contributed by atoms with E-state index in [0.29, 0.717) is 0 Å². The Hall–Kier alpha value is -10.2. The number of anilines is 10. The van der Waals surface area contributed by atoms with Crippen LogP contribution in [0.25, 0.3) is 75.2 Å². The minimum atomic E-state index is -0.0444. The van der Waals surface area contributed by atoms with E-state index in [-0.39, 0.29) is 25.5 Å². The van der Waals surface area contributed by atoms with Gasteiger partial charge in [-0.1, -0.05) is 158 Å². The molecule has 0 saturated heterocycles. The first-order valence-corrected chi connectivity index (χ1v) is 31.5. The largest absolute Gasteiger partial charge is 0.339 e. The number of benzene rings is 12. The molecule has 12 aromatic carbocycles. The van der Waals surface area contributed by atoms with E-state index >= 15 is 0 Å². The molecule has 3 aromatic heterocycles. The predicted molar refractivity (Wildman–Crippen MR) is 374 cm³/mol. The van der Waals surface area contributed by atoms with Gasteiger partial charge in [0.05, 0.1) is 11.0 Å². The van der Waals surface area contributed by atoms with Gasteiger partial charge in [0, 0.05) is 122 Å². The molecule has 410 valence electrons. The van der Waals surface area contributed by atoms with E-state index in [0.717, 1.165) is 11.4 Å². The molecular formula is C78H56B2N6S. The maximum absolute atomic E-state index is 2.62. The van der Waals surface area contributed by atoms with Gasteiger partial charge in [-0.25, -0.2) is 0 Å². The Balaban J connectivity index is 0.910. The summed E-state index contributed by atoms with van der Waals surface area (Å²) in [5, 5.41) is 7.73. The second-order valence-corrected chi connectivity index (χ2v) is 25.8. The molecule has 0 N–H and O–H groups in total. The van der Waals surface area contributed by atoms with Gasteiger partial charge < -0.3 is 28.7 Å². The average molecular weight is 1130 g/mol. The van der Waals surface area contributed by atoms with E-state index in [1.54, 1.807) is 0 Å². The van der Waals surface area contributed by atoms with E-state index in [1.165, 1.54) is 153 Å². The lowest BCUT2D eigenvalue weighted by Crippen LogP contribution is -2.60. The van der Waals surface area contributed by atoms with Crippen molar-refractivity contribution in [3.05, 3.63) is 255 Å². The van der Waals surface area contributed by atoms with Gasteiger partial charge in [-0.15, -0.1) is 11.3 Å². The number of para-hydroxylation sites is 8. The fourth-order valence-corrected chi connectivity index (χ4v) is 17.3. The SMILES string of the molecule is CC(C)N(c1ccccc1)c1cc2c3c(c1)-n1c4ccccc4c4cccc(c41)B3c1cc3c(cc1N2c1ccccc1)sc1cc2c(cc13)B1c3c(cc(N(c4ccccc4)C(C)C)cc3-n3c4ccccc4c4cccc1c43)N2c1ccccc1. The second kappa shape index (κ2) is 18.2. The summed E-state index contributed by atoms with van der Waals surface area (Å²) < 4.78 is 7.74. The Bertz CT molecular complexity index is 5070. The lowest BCUT2D eigenvalue weighted by atomic mass is 9.33. The molecule has 0 amide bonds. The first-order valence-electron chi connectivity index (χ1n) is 30.7. The van der Waals surface area contributed by atoms with Crippen molar-refractivity contribution in [1.29, 1.82) is 0 Å². The van der Waals surface area contributed by atoms with Crippen molar-refractivity contribution in [2.75, 3.05) is 19.6 Å². The summed E-state index contributed by atoms with van der Waals surface area (Å²) in [6.45, 7) is 9.17. The summed E-state index contributed by atoms with van der Waals surface area (Å²) in [4.78, 5) is 10.2. The maximum Gasteiger partial charge on any atom is 0.252 e. The van der Waals surface area contributed by atoms with Crippen LogP contribution < -0.4 is 52.4 Å². The highest BCUT2D eigenvalue weighted by Gasteiger charge is 2.46. The highest BCUT2D eigenvalue weighted by Crippen LogP contribution is 2.50. The van der Waals surface area contributed by atoms with Crippen LogP contribution in [-0.4, -0.2) is 34.6 Å². The van der Waals surface area contributed by atoms with Crippen molar-refractivity contribution in [3.63, 3.8) is 0 Å². The number of hydrogen-bond donors (Lipinski definition) is 0. The molecule has 0 radical (unpaired) electrons. The number of rotatable bonds is 8. The topological polar surface area (TPSA) is 22.8 Å². The summed E-state index contributed by atoms with van der Waals surface area (Å²) >= 11 is 1.93. The van der Waals surface area contributed by atoms with E-state index in [2.05, 4.69) is 311 Å². The molecule has 19 rings (SSSR count). The van der Waals surface area contributed by atoms with Crippen LogP contribution in [-0.2, 0) is 0 Å². The number of hydrogen-bond acceptors (Lipinski definition) is 5. The monoisotopic (exact) mass is 1130 g/mol. The van der Waals surface area contributed by atoms with Crippen molar-refractivity contribution in [2.45, 2.75) is 39.8 Å². The van der Waals surface area contributed by atoms with Gasteiger partial charge in [-0.05, 0) is 168 Å². The summed E-state index contributed by atoms with van der Waals surface area (Å²) in [6.07, 6.45) is 0. The highest BCUT2D eigenvalue weighted by molar-refractivity contribution is 7.26. The second-order valence-electron chi connectivity index (χ2n) is 24.7. The molecule has 0 fully saturated rings. The van der Waals surface area contributed by atoms with E-state index in [9.17, 15) is 0 Å². The molecule has 7 heterocycles. The van der Waals surface area contributed by atoms with Crippen LogP contribution in [0.2, 0.25) is 0 Å². The van der Waals surface area contributed by atoms with Crippen molar-refractivity contribution >= 4 is 178 Å². The van der Waals surface area contributed by atoms with Crippen LogP contribution in [0, 0.1) is 0 Å². The molecule has 0 unspecified atom stereocenters. The Morgan fingerprint density at radius 1 is 0.310 bits per heavy atom. The zero-order valence-corrected chi connectivity index (χ0v) is 49.5. The summed E-state index contributed by atoms with van der Waals surface area (Å²) in [6, 6.07) is 97.0. The zero-order valence-electron chi connectivity index (χ0n) is 48.6. The third-order valence-electron chi connectivity index (χ3n) is 19.4. The van der Waals surface area contributed by atoms with Crippen molar-refractivity contribution in [1.82, 2.24) is 9.13 Å². The van der Waals surface area contributed by atoms with Crippen LogP contribution >= 0.6 is 11.3 Å². The average Bonchev–Trinajstić information content (AvgIpc) is 1.69. The molecule has 4 aliphatic rings. The molecule has 0 saturated carbocycles. The Morgan fingerprint density at radius 2 is 0.678 bits per heavy atom. The first kappa shape index (κ1) is 49.1.